The molecule has 0 saturated carbocycles. The third-order valence-electron chi connectivity index (χ3n) is 2.05. The van der Waals surface area contributed by atoms with E-state index >= 15 is 0 Å². The van der Waals surface area contributed by atoms with Gasteiger partial charge in [0.15, 0.2) is 11.6 Å². The van der Waals surface area contributed by atoms with Crippen molar-refractivity contribution in [1.82, 2.24) is 0 Å². The normalized spacial score (nSPS) is 10.1. The quantitative estimate of drug-likeness (QED) is 0.607. The van der Waals surface area contributed by atoms with Crippen molar-refractivity contribution in [1.29, 1.82) is 0 Å². The van der Waals surface area contributed by atoms with E-state index in [-0.39, 0.29) is 5.69 Å². The van der Waals surface area contributed by atoms with Crippen LogP contribution < -0.4 is 22.1 Å². The average molecular weight is 258 g/mol. The Morgan fingerprint density at radius 3 is 1.78 bits per heavy atom. The fraction of sp³-hybridized carbons (Fsp3) is 0.200. The highest BCUT2D eigenvalue weighted by Gasteiger charge is 2.20. The first-order valence-electron chi connectivity index (χ1n) is 4.87. The molecule has 0 heterocycles. The Labute approximate surface area is 101 Å². The third-order valence-corrected chi connectivity index (χ3v) is 2.05. The molecule has 0 unspecified atom stereocenters. The van der Waals surface area contributed by atoms with E-state index in [1.54, 1.807) is 0 Å². The largest absolute Gasteiger partial charge is 0.399 e. The van der Waals surface area contributed by atoms with E-state index in [0.29, 0.717) is 0 Å². The van der Waals surface area contributed by atoms with Crippen LogP contribution in [-0.2, 0) is 9.59 Å². The lowest BCUT2D eigenvalue weighted by molar-refractivity contribution is -0.117. The van der Waals surface area contributed by atoms with Crippen LogP contribution in [0.1, 0.15) is 0 Å². The number of halogens is 2. The Balaban J connectivity index is 3.19. The van der Waals surface area contributed by atoms with Crippen LogP contribution in [0, 0.1) is 11.6 Å². The second kappa shape index (κ2) is 5.30. The van der Waals surface area contributed by atoms with Crippen LogP contribution in [0.4, 0.5) is 20.2 Å². The number of hydrogen-bond donors (Lipinski definition) is 3. The summed E-state index contributed by atoms with van der Waals surface area (Å²) in [6.07, 6.45) is 0. The summed E-state index contributed by atoms with van der Waals surface area (Å²) in [6, 6.07) is 1.74. The molecular weight excluding hydrogens is 246 g/mol. The number of amides is 2. The van der Waals surface area contributed by atoms with Crippen LogP contribution in [-0.4, -0.2) is 24.9 Å². The molecule has 0 aliphatic heterocycles. The van der Waals surface area contributed by atoms with Gasteiger partial charge < -0.3 is 22.1 Å². The standard InChI is InChI=1S/C10H12F2N4O2/c11-6-1-5(13)2-7(12)10(6)16(3-8(14)17)4-9(15)18/h1-2H,3-4,13H2,(H2,14,17)(H2,15,18). The van der Waals surface area contributed by atoms with Gasteiger partial charge in [-0.15, -0.1) is 0 Å². The minimum absolute atomic E-state index is 0.119. The minimum Gasteiger partial charge on any atom is -0.399 e. The molecule has 0 fully saturated rings. The molecule has 6 N–H and O–H groups in total. The van der Waals surface area contributed by atoms with Crippen molar-refractivity contribution in [3.63, 3.8) is 0 Å². The second-order valence-electron chi connectivity index (χ2n) is 3.62. The molecule has 18 heavy (non-hydrogen) atoms. The molecule has 98 valence electrons. The maximum absolute atomic E-state index is 13.6. The smallest absolute Gasteiger partial charge is 0.236 e. The molecule has 0 radical (unpaired) electrons. The molecule has 6 nitrogen and oxygen atoms in total. The first-order valence-corrected chi connectivity index (χ1v) is 4.87. The summed E-state index contributed by atoms with van der Waals surface area (Å²) in [5.41, 5.74) is 14.4. The number of nitrogens with zero attached hydrogens (tertiary/aromatic N) is 1. The summed E-state index contributed by atoms with van der Waals surface area (Å²) in [4.78, 5) is 22.4. The zero-order chi connectivity index (χ0) is 13.9. The Morgan fingerprint density at radius 1 is 1.06 bits per heavy atom. The molecule has 2 amide bonds. The molecule has 8 heteroatoms. The molecular formula is C10H12F2N4O2. The summed E-state index contributed by atoms with van der Waals surface area (Å²) in [5.74, 6) is -3.72. The molecule has 0 aromatic heterocycles. The van der Waals surface area contributed by atoms with E-state index in [4.69, 9.17) is 17.2 Å². The first kappa shape index (κ1) is 13.7. The van der Waals surface area contributed by atoms with Gasteiger partial charge in [0.1, 0.15) is 5.69 Å². The van der Waals surface area contributed by atoms with Gasteiger partial charge in [0.25, 0.3) is 0 Å². The van der Waals surface area contributed by atoms with Crippen LogP contribution in [0.2, 0.25) is 0 Å². The van der Waals surface area contributed by atoms with E-state index in [1.807, 2.05) is 0 Å². The van der Waals surface area contributed by atoms with Crippen molar-refractivity contribution >= 4 is 23.2 Å². The fourth-order valence-electron chi connectivity index (χ4n) is 1.48. The number of benzene rings is 1. The van der Waals surface area contributed by atoms with Gasteiger partial charge in [0.05, 0.1) is 13.1 Å². The SMILES string of the molecule is NC(=O)CN(CC(N)=O)c1c(F)cc(N)cc1F. The number of hydrogen-bond acceptors (Lipinski definition) is 4. The Morgan fingerprint density at radius 2 is 1.44 bits per heavy atom. The Hall–Kier alpha value is -2.38. The monoisotopic (exact) mass is 258 g/mol. The highest BCUT2D eigenvalue weighted by Crippen LogP contribution is 2.25. The van der Waals surface area contributed by atoms with Gasteiger partial charge in [-0.2, -0.15) is 0 Å². The maximum atomic E-state index is 13.6. The molecule has 0 aliphatic rings. The predicted octanol–water partition coefficient (Wildman–Crippen LogP) is -0.676. The van der Waals surface area contributed by atoms with E-state index in [1.165, 1.54) is 0 Å². The van der Waals surface area contributed by atoms with Gasteiger partial charge >= 0.3 is 0 Å². The van der Waals surface area contributed by atoms with Crippen molar-refractivity contribution in [2.75, 3.05) is 23.7 Å². The zero-order valence-corrected chi connectivity index (χ0v) is 9.32. The van der Waals surface area contributed by atoms with E-state index in [9.17, 15) is 18.4 Å². The van der Waals surface area contributed by atoms with Crippen LogP contribution in [0.5, 0.6) is 0 Å². The highest BCUT2D eigenvalue weighted by molar-refractivity contribution is 5.85. The van der Waals surface area contributed by atoms with Gasteiger partial charge in [-0.25, -0.2) is 8.78 Å². The summed E-state index contributed by atoms with van der Waals surface area (Å²) in [5, 5.41) is 0. The van der Waals surface area contributed by atoms with Crippen LogP contribution >= 0.6 is 0 Å². The highest BCUT2D eigenvalue weighted by atomic mass is 19.1. The lowest BCUT2D eigenvalue weighted by Crippen LogP contribution is -2.40. The molecule has 1 aromatic rings. The van der Waals surface area contributed by atoms with Crippen molar-refractivity contribution in [3.8, 4) is 0 Å². The van der Waals surface area contributed by atoms with Crippen molar-refractivity contribution in [2.24, 2.45) is 11.5 Å². The molecule has 0 atom stereocenters. The number of carbonyl (C=O) groups excluding carboxylic acids is 2. The molecule has 0 spiro atoms. The van der Waals surface area contributed by atoms with Crippen molar-refractivity contribution < 1.29 is 18.4 Å². The number of rotatable bonds is 5. The topological polar surface area (TPSA) is 115 Å². The van der Waals surface area contributed by atoms with Crippen LogP contribution in [0.15, 0.2) is 12.1 Å². The molecule has 1 aromatic carbocycles. The summed E-state index contributed by atoms with van der Waals surface area (Å²) in [7, 11) is 0. The first-order chi connectivity index (χ1) is 8.31. The predicted molar refractivity (Wildman–Crippen MR) is 61.4 cm³/mol. The summed E-state index contributed by atoms with van der Waals surface area (Å²) < 4.78 is 27.2. The fourth-order valence-corrected chi connectivity index (χ4v) is 1.48. The molecule has 0 aliphatic carbocycles. The maximum Gasteiger partial charge on any atom is 0.236 e. The number of primary amides is 2. The Bertz CT molecular complexity index is 454. The summed E-state index contributed by atoms with van der Waals surface area (Å²) >= 11 is 0. The lowest BCUT2D eigenvalue weighted by atomic mass is 10.2. The minimum atomic E-state index is -1.00. The Kier molecular flexibility index (Phi) is 4.03. The van der Waals surface area contributed by atoms with Gasteiger partial charge in [-0.3, -0.25) is 9.59 Å². The number of carbonyl (C=O) groups is 2. The number of nitrogen functional groups attached to an aromatic ring is 1. The van der Waals surface area contributed by atoms with E-state index in [2.05, 4.69) is 0 Å². The number of nitrogens with two attached hydrogens (primary N) is 3. The van der Waals surface area contributed by atoms with Crippen LogP contribution in [0.3, 0.4) is 0 Å². The van der Waals surface area contributed by atoms with Crippen LogP contribution in [0.25, 0.3) is 0 Å². The zero-order valence-electron chi connectivity index (χ0n) is 9.32. The molecule has 1 rings (SSSR count). The molecule has 0 bridgehead atoms. The average Bonchev–Trinajstić information content (AvgIpc) is 2.12. The van der Waals surface area contributed by atoms with Gasteiger partial charge in [-0.05, 0) is 12.1 Å². The van der Waals surface area contributed by atoms with Gasteiger partial charge in [0, 0.05) is 5.69 Å². The van der Waals surface area contributed by atoms with Gasteiger partial charge in [0.2, 0.25) is 11.8 Å². The van der Waals surface area contributed by atoms with E-state index < -0.39 is 42.2 Å². The number of anilines is 2. The second-order valence-corrected chi connectivity index (χ2v) is 3.62. The van der Waals surface area contributed by atoms with Crippen molar-refractivity contribution in [3.05, 3.63) is 23.8 Å². The van der Waals surface area contributed by atoms with Gasteiger partial charge in [-0.1, -0.05) is 0 Å². The van der Waals surface area contributed by atoms with E-state index in [0.717, 1.165) is 17.0 Å². The lowest BCUT2D eigenvalue weighted by Gasteiger charge is -2.22. The summed E-state index contributed by atoms with van der Waals surface area (Å²) in [6.45, 7) is -1.08. The van der Waals surface area contributed by atoms with Crippen molar-refractivity contribution in [2.45, 2.75) is 0 Å². The molecule has 0 saturated heterocycles. The third kappa shape index (κ3) is 3.30.